The standard InChI is InChI=1S/C19H17FN2O2S/c1-11-3-4-12(2)15(9-11)18-16(10-17(23)24)25-19(22-18)21-14-7-5-13(20)6-8-14/h3-9H,10H2,1-2H3,(H,21,22)(H,23,24). The zero-order valence-corrected chi connectivity index (χ0v) is 14.7. The van der Waals surface area contributed by atoms with E-state index in [-0.39, 0.29) is 12.2 Å². The molecule has 0 spiro atoms. The first-order chi connectivity index (χ1) is 11.9. The van der Waals surface area contributed by atoms with E-state index in [1.807, 2.05) is 32.0 Å². The fourth-order valence-corrected chi connectivity index (χ4v) is 3.51. The number of aliphatic carboxylic acids is 1. The summed E-state index contributed by atoms with van der Waals surface area (Å²) >= 11 is 1.30. The normalized spacial score (nSPS) is 10.7. The van der Waals surface area contributed by atoms with E-state index in [0.29, 0.717) is 21.4 Å². The van der Waals surface area contributed by atoms with Crippen molar-refractivity contribution in [2.75, 3.05) is 5.32 Å². The van der Waals surface area contributed by atoms with E-state index in [2.05, 4.69) is 10.3 Å². The van der Waals surface area contributed by atoms with Gasteiger partial charge in [0.15, 0.2) is 5.13 Å². The fraction of sp³-hybridized carbons (Fsp3) is 0.158. The number of hydrogen-bond acceptors (Lipinski definition) is 4. The zero-order chi connectivity index (χ0) is 18.0. The van der Waals surface area contributed by atoms with Crippen molar-refractivity contribution in [2.24, 2.45) is 0 Å². The second-order valence-corrected chi connectivity index (χ2v) is 6.90. The van der Waals surface area contributed by atoms with Crippen LogP contribution in [0.5, 0.6) is 0 Å². The van der Waals surface area contributed by atoms with Crippen molar-refractivity contribution in [3.8, 4) is 11.3 Å². The topological polar surface area (TPSA) is 62.2 Å². The van der Waals surface area contributed by atoms with Crippen LogP contribution in [0.25, 0.3) is 11.3 Å². The summed E-state index contributed by atoms with van der Waals surface area (Å²) in [5, 5.41) is 12.9. The minimum atomic E-state index is -0.900. The average Bonchev–Trinajstić information content (AvgIpc) is 2.93. The Hall–Kier alpha value is -2.73. The second kappa shape index (κ2) is 7.03. The first-order valence-electron chi connectivity index (χ1n) is 7.74. The lowest BCUT2D eigenvalue weighted by Gasteiger charge is -2.06. The quantitative estimate of drug-likeness (QED) is 0.680. The number of hydrogen-bond donors (Lipinski definition) is 2. The molecule has 4 nitrogen and oxygen atoms in total. The molecule has 25 heavy (non-hydrogen) atoms. The molecule has 1 heterocycles. The summed E-state index contributed by atoms with van der Waals surface area (Å²) in [5.74, 6) is -1.21. The third-order valence-electron chi connectivity index (χ3n) is 3.75. The average molecular weight is 356 g/mol. The zero-order valence-electron chi connectivity index (χ0n) is 13.8. The number of aromatic nitrogens is 1. The van der Waals surface area contributed by atoms with Crippen LogP contribution in [0.2, 0.25) is 0 Å². The van der Waals surface area contributed by atoms with Crippen LogP contribution < -0.4 is 5.32 Å². The minimum absolute atomic E-state index is 0.0918. The molecule has 0 unspecified atom stereocenters. The van der Waals surface area contributed by atoms with Gasteiger partial charge in [0.05, 0.1) is 12.1 Å². The van der Waals surface area contributed by atoms with Gasteiger partial charge >= 0.3 is 5.97 Å². The summed E-state index contributed by atoms with van der Waals surface area (Å²) in [6.07, 6.45) is -0.0918. The second-order valence-electron chi connectivity index (χ2n) is 5.81. The minimum Gasteiger partial charge on any atom is -0.481 e. The van der Waals surface area contributed by atoms with E-state index in [1.165, 1.54) is 23.5 Å². The van der Waals surface area contributed by atoms with Gasteiger partial charge in [0.2, 0.25) is 0 Å². The predicted octanol–water partition coefficient (Wildman–Crippen LogP) is 4.94. The molecule has 0 fully saturated rings. The number of aryl methyl sites for hydroxylation is 2. The Balaban J connectivity index is 2.01. The van der Waals surface area contributed by atoms with Gasteiger partial charge in [0.1, 0.15) is 5.82 Å². The van der Waals surface area contributed by atoms with Gasteiger partial charge < -0.3 is 10.4 Å². The van der Waals surface area contributed by atoms with E-state index in [4.69, 9.17) is 0 Å². The predicted molar refractivity (Wildman–Crippen MR) is 98.0 cm³/mol. The molecule has 6 heteroatoms. The Morgan fingerprint density at radius 1 is 1.20 bits per heavy atom. The van der Waals surface area contributed by atoms with Gasteiger partial charge in [-0.05, 0) is 49.7 Å². The number of carbonyl (C=O) groups is 1. The van der Waals surface area contributed by atoms with Crippen LogP contribution in [0, 0.1) is 19.7 Å². The van der Waals surface area contributed by atoms with Gasteiger partial charge in [-0.3, -0.25) is 4.79 Å². The number of nitrogens with zero attached hydrogens (tertiary/aromatic N) is 1. The van der Waals surface area contributed by atoms with Gasteiger partial charge in [-0.2, -0.15) is 0 Å². The van der Waals surface area contributed by atoms with Crippen LogP contribution in [0.15, 0.2) is 42.5 Å². The van der Waals surface area contributed by atoms with E-state index >= 15 is 0 Å². The molecule has 0 radical (unpaired) electrons. The van der Waals surface area contributed by atoms with E-state index < -0.39 is 5.97 Å². The van der Waals surface area contributed by atoms with E-state index in [1.54, 1.807) is 12.1 Å². The molecule has 0 aliphatic rings. The van der Waals surface area contributed by atoms with Crippen LogP contribution in [-0.2, 0) is 11.2 Å². The maximum Gasteiger partial charge on any atom is 0.308 e. The molecule has 0 saturated carbocycles. The monoisotopic (exact) mass is 356 g/mol. The molecule has 128 valence electrons. The maximum absolute atomic E-state index is 13.0. The van der Waals surface area contributed by atoms with Crippen molar-refractivity contribution in [3.63, 3.8) is 0 Å². The van der Waals surface area contributed by atoms with Crippen molar-refractivity contribution >= 4 is 28.1 Å². The Morgan fingerprint density at radius 3 is 2.60 bits per heavy atom. The number of rotatable bonds is 5. The summed E-state index contributed by atoms with van der Waals surface area (Å²) in [7, 11) is 0. The van der Waals surface area contributed by atoms with Crippen LogP contribution in [0.1, 0.15) is 16.0 Å². The SMILES string of the molecule is Cc1ccc(C)c(-c2nc(Nc3ccc(F)cc3)sc2CC(=O)O)c1. The smallest absolute Gasteiger partial charge is 0.308 e. The molecule has 2 N–H and O–H groups in total. The molecular weight excluding hydrogens is 339 g/mol. The molecule has 0 aliphatic heterocycles. The van der Waals surface area contributed by atoms with E-state index in [9.17, 15) is 14.3 Å². The first kappa shape index (κ1) is 17.1. The molecular formula is C19H17FN2O2S. The molecule has 3 rings (SSSR count). The lowest BCUT2D eigenvalue weighted by Crippen LogP contribution is -2.00. The molecule has 0 aliphatic carbocycles. The summed E-state index contributed by atoms with van der Waals surface area (Å²) in [5.41, 5.74) is 4.43. The Kier molecular flexibility index (Phi) is 4.81. The van der Waals surface area contributed by atoms with E-state index in [0.717, 1.165) is 16.7 Å². The molecule has 0 atom stereocenters. The Labute approximate surface area is 149 Å². The van der Waals surface area contributed by atoms with Gasteiger partial charge in [0, 0.05) is 16.1 Å². The summed E-state index contributed by atoms with van der Waals surface area (Å²) in [6, 6.07) is 12.0. The summed E-state index contributed by atoms with van der Waals surface area (Å²) in [6.45, 7) is 3.97. The lowest BCUT2D eigenvalue weighted by atomic mass is 10.0. The third kappa shape index (κ3) is 4.03. The first-order valence-corrected chi connectivity index (χ1v) is 8.56. The summed E-state index contributed by atoms with van der Waals surface area (Å²) < 4.78 is 13.0. The number of anilines is 2. The number of carboxylic acids is 1. The lowest BCUT2D eigenvalue weighted by molar-refractivity contribution is -0.136. The Morgan fingerprint density at radius 2 is 1.92 bits per heavy atom. The van der Waals surface area contributed by atoms with Crippen molar-refractivity contribution < 1.29 is 14.3 Å². The van der Waals surface area contributed by atoms with Crippen molar-refractivity contribution in [1.82, 2.24) is 4.98 Å². The van der Waals surface area contributed by atoms with Crippen LogP contribution in [0.3, 0.4) is 0 Å². The number of nitrogens with one attached hydrogen (secondary N) is 1. The molecule has 2 aromatic carbocycles. The van der Waals surface area contributed by atoms with Gasteiger partial charge in [0.25, 0.3) is 0 Å². The van der Waals surface area contributed by atoms with Gasteiger partial charge in [-0.25, -0.2) is 9.37 Å². The number of benzene rings is 2. The highest BCUT2D eigenvalue weighted by atomic mass is 32.1. The van der Waals surface area contributed by atoms with Crippen LogP contribution in [0.4, 0.5) is 15.2 Å². The molecule has 0 amide bonds. The maximum atomic E-state index is 13.0. The Bertz CT molecular complexity index is 920. The van der Waals surface area contributed by atoms with Crippen molar-refractivity contribution in [1.29, 1.82) is 0 Å². The van der Waals surface area contributed by atoms with Crippen LogP contribution >= 0.6 is 11.3 Å². The van der Waals surface area contributed by atoms with Gasteiger partial charge in [-0.1, -0.05) is 17.7 Å². The number of carboxylic acid groups (broad SMARTS) is 1. The van der Waals surface area contributed by atoms with Crippen LogP contribution in [-0.4, -0.2) is 16.1 Å². The molecule has 0 bridgehead atoms. The summed E-state index contributed by atoms with van der Waals surface area (Å²) in [4.78, 5) is 16.5. The highest BCUT2D eigenvalue weighted by molar-refractivity contribution is 7.16. The number of thiazole rings is 1. The van der Waals surface area contributed by atoms with Crippen molar-refractivity contribution in [3.05, 3.63) is 64.3 Å². The van der Waals surface area contributed by atoms with Gasteiger partial charge in [-0.15, -0.1) is 11.3 Å². The number of halogens is 1. The molecule has 1 aromatic heterocycles. The highest BCUT2D eigenvalue weighted by Gasteiger charge is 2.17. The third-order valence-corrected chi connectivity index (χ3v) is 4.72. The van der Waals surface area contributed by atoms with Crippen molar-refractivity contribution in [2.45, 2.75) is 20.3 Å². The highest BCUT2D eigenvalue weighted by Crippen LogP contribution is 2.35. The molecule has 0 saturated heterocycles. The largest absolute Gasteiger partial charge is 0.481 e. The molecule has 3 aromatic rings. The fourth-order valence-electron chi connectivity index (χ4n) is 2.52.